The van der Waals surface area contributed by atoms with Crippen molar-refractivity contribution in [1.29, 1.82) is 0 Å². The molecule has 1 N–H and O–H groups in total. The van der Waals surface area contributed by atoms with E-state index in [4.69, 9.17) is 0 Å². The molecule has 0 fully saturated rings. The molecular weight excluding hydrogens is 160 g/mol. The Morgan fingerprint density at radius 1 is 1.23 bits per heavy atom. The Morgan fingerprint density at radius 3 is 2.23 bits per heavy atom. The van der Waals surface area contributed by atoms with E-state index < -0.39 is 5.60 Å². The number of hydrogen-bond acceptors (Lipinski definition) is 1. The molecule has 68 valence electrons. The third-order valence-electron chi connectivity index (χ3n) is 1.98. The zero-order chi connectivity index (χ0) is 9.90. The molecular formula is C12H14O. The van der Waals surface area contributed by atoms with Crippen LogP contribution >= 0.6 is 0 Å². The Balaban J connectivity index is 3.05. The van der Waals surface area contributed by atoms with Crippen LogP contribution < -0.4 is 0 Å². The second-order valence-electron chi connectivity index (χ2n) is 3.31. The Labute approximate surface area is 79.4 Å². The molecule has 0 aromatic heterocycles. The Morgan fingerprint density at radius 2 is 1.77 bits per heavy atom. The fraction of sp³-hybridized carbons (Fsp3) is 0.333. The van der Waals surface area contributed by atoms with Gasteiger partial charge in [0.05, 0.1) is 0 Å². The summed E-state index contributed by atoms with van der Waals surface area (Å²) in [4.78, 5) is 0. The summed E-state index contributed by atoms with van der Waals surface area (Å²) in [5.41, 5.74) is 0.999. The average molecular weight is 174 g/mol. The van der Waals surface area contributed by atoms with Crippen molar-refractivity contribution < 1.29 is 5.11 Å². The fourth-order valence-electron chi connectivity index (χ4n) is 1.19. The van der Waals surface area contributed by atoms with Gasteiger partial charge in [-0.05, 0) is 26.3 Å². The highest BCUT2D eigenvalue weighted by Gasteiger charge is 2.18. The third-order valence-corrected chi connectivity index (χ3v) is 1.98. The van der Waals surface area contributed by atoms with Gasteiger partial charge < -0.3 is 5.11 Å². The van der Waals surface area contributed by atoms with E-state index in [1.807, 2.05) is 31.2 Å². The summed E-state index contributed by atoms with van der Waals surface area (Å²) in [6.07, 6.45) is 0. The molecule has 0 aliphatic rings. The lowest BCUT2D eigenvalue weighted by Gasteiger charge is -2.16. The first-order valence-electron chi connectivity index (χ1n) is 4.29. The highest BCUT2D eigenvalue weighted by atomic mass is 16.3. The number of aryl methyl sites for hydroxylation is 1. The van der Waals surface area contributed by atoms with Gasteiger partial charge >= 0.3 is 0 Å². The molecule has 0 bridgehead atoms. The number of rotatable bonds is 1. The molecule has 1 aromatic rings. The van der Waals surface area contributed by atoms with E-state index in [-0.39, 0.29) is 0 Å². The summed E-state index contributed by atoms with van der Waals surface area (Å²) in [6.45, 7) is 5.45. The highest BCUT2D eigenvalue weighted by molar-refractivity contribution is 5.32. The number of aliphatic hydroxyl groups is 1. The van der Waals surface area contributed by atoms with E-state index in [0.29, 0.717) is 0 Å². The van der Waals surface area contributed by atoms with Gasteiger partial charge in [-0.25, -0.2) is 0 Å². The average Bonchev–Trinajstić information content (AvgIpc) is 2.05. The lowest BCUT2D eigenvalue weighted by atomic mass is 9.96. The van der Waals surface area contributed by atoms with E-state index in [2.05, 4.69) is 11.8 Å². The SMILES string of the molecule is CC#CC(C)(O)c1ccc(C)cc1. The van der Waals surface area contributed by atoms with Crippen molar-refractivity contribution in [3.8, 4) is 11.8 Å². The van der Waals surface area contributed by atoms with Crippen LogP contribution in [0.15, 0.2) is 24.3 Å². The summed E-state index contributed by atoms with van der Waals surface area (Å²) in [5.74, 6) is 5.48. The molecule has 1 nitrogen and oxygen atoms in total. The zero-order valence-electron chi connectivity index (χ0n) is 8.26. The fourth-order valence-corrected chi connectivity index (χ4v) is 1.19. The molecule has 0 spiro atoms. The van der Waals surface area contributed by atoms with Gasteiger partial charge in [-0.1, -0.05) is 35.7 Å². The van der Waals surface area contributed by atoms with Crippen molar-refractivity contribution in [1.82, 2.24) is 0 Å². The summed E-state index contributed by atoms with van der Waals surface area (Å²) in [6, 6.07) is 7.75. The van der Waals surface area contributed by atoms with Crippen molar-refractivity contribution in [3.63, 3.8) is 0 Å². The molecule has 1 aromatic carbocycles. The largest absolute Gasteiger partial charge is 0.374 e. The minimum atomic E-state index is -1.03. The van der Waals surface area contributed by atoms with Gasteiger partial charge in [0.1, 0.15) is 5.60 Å². The summed E-state index contributed by atoms with van der Waals surface area (Å²) >= 11 is 0. The van der Waals surface area contributed by atoms with Crippen LogP contribution in [0.2, 0.25) is 0 Å². The first kappa shape index (κ1) is 9.83. The van der Waals surface area contributed by atoms with E-state index in [9.17, 15) is 5.11 Å². The number of hydrogen-bond donors (Lipinski definition) is 1. The van der Waals surface area contributed by atoms with Crippen LogP contribution in [0, 0.1) is 18.8 Å². The van der Waals surface area contributed by atoms with Crippen molar-refractivity contribution in [2.75, 3.05) is 0 Å². The monoisotopic (exact) mass is 174 g/mol. The van der Waals surface area contributed by atoms with Gasteiger partial charge in [0.2, 0.25) is 0 Å². The van der Waals surface area contributed by atoms with Crippen LogP contribution in [-0.2, 0) is 5.60 Å². The molecule has 1 unspecified atom stereocenters. The molecule has 0 amide bonds. The summed E-state index contributed by atoms with van der Waals surface area (Å²) in [5, 5.41) is 9.90. The van der Waals surface area contributed by atoms with Crippen LogP contribution in [-0.4, -0.2) is 5.11 Å². The summed E-state index contributed by atoms with van der Waals surface area (Å²) in [7, 11) is 0. The second-order valence-corrected chi connectivity index (χ2v) is 3.31. The maximum Gasteiger partial charge on any atom is 0.148 e. The smallest absolute Gasteiger partial charge is 0.148 e. The molecule has 13 heavy (non-hydrogen) atoms. The molecule has 1 rings (SSSR count). The standard InChI is InChI=1S/C12H14O/c1-4-9-12(3,13)11-7-5-10(2)6-8-11/h5-8,13H,1-3H3. The second kappa shape index (κ2) is 3.64. The van der Waals surface area contributed by atoms with Crippen LogP contribution in [0.1, 0.15) is 25.0 Å². The minimum absolute atomic E-state index is 0.840. The number of benzene rings is 1. The maximum absolute atomic E-state index is 9.90. The topological polar surface area (TPSA) is 20.2 Å². The van der Waals surface area contributed by atoms with Gasteiger partial charge in [0.25, 0.3) is 0 Å². The normalized spacial score (nSPS) is 14.2. The van der Waals surface area contributed by atoms with Gasteiger partial charge in [-0.2, -0.15) is 0 Å². The molecule has 0 aliphatic heterocycles. The predicted octanol–water partition coefficient (Wildman–Crippen LogP) is 2.23. The molecule has 0 saturated heterocycles. The highest BCUT2D eigenvalue weighted by Crippen LogP contribution is 2.19. The molecule has 0 aliphatic carbocycles. The molecule has 1 atom stereocenters. The van der Waals surface area contributed by atoms with Crippen molar-refractivity contribution in [3.05, 3.63) is 35.4 Å². The Bertz CT molecular complexity index is 336. The van der Waals surface area contributed by atoms with Gasteiger partial charge in [-0.15, -0.1) is 5.92 Å². The quantitative estimate of drug-likeness (QED) is 0.647. The van der Waals surface area contributed by atoms with Gasteiger partial charge in [0.15, 0.2) is 0 Å². The van der Waals surface area contributed by atoms with Crippen molar-refractivity contribution >= 4 is 0 Å². The maximum atomic E-state index is 9.90. The molecule has 0 heterocycles. The molecule has 0 saturated carbocycles. The minimum Gasteiger partial charge on any atom is -0.374 e. The van der Waals surface area contributed by atoms with Crippen molar-refractivity contribution in [2.45, 2.75) is 26.4 Å². The Kier molecular flexibility index (Phi) is 2.75. The van der Waals surface area contributed by atoms with E-state index >= 15 is 0 Å². The van der Waals surface area contributed by atoms with E-state index in [1.54, 1.807) is 13.8 Å². The summed E-state index contributed by atoms with van der Waals surface area (Å²) < 4.78 is 0. The van der Waals surface area contributed by atoms with Crippen molar-refractivity contribution in [2.24, 2.45) is 0 Å². The zero-order valence-corrected chi connectivity index (χ0v) is 8.26. The third kappa shape index (κ3) is 2.34. The lowest BCUT2D eigenvalue weighted by molar-refractivity contribution is 0.122. The van der Waals surface area contributed by atoms with E-state index in [0.717, 1.165) is 5.56 Å². The first-order valence-corrected chi connectivity index (χ1v) is 4.29. The molecule has 1 heteroatoms. The van der Waals surface area contributed by atoms with Crippen LogP contribution in [0.5, 0.6) is 0 Å². The van der Waals surface area contributed by atoms with Gasteiger partial charge in [0, 0.05) is 0 Å². The molecule has 0 radical (unpaired) electrons. The van der Waals surface area contributed by atoms with Gasteiger partial charge in [-0.3, -0.25) is 0 Å². The predicted molar refractivity (Wildman–Crippen MR) is 54.2 cm³/mol. The Hall–Kier alpha value is -1.26. The van der Waals surface area contributed by atoms with Crippen LogP contribution in [0.3, 0.4) is 0 Å². The van der Waals surface area contributed by atoms with Crippen LogP contribution in [0.4, 0.5) is 0 Å². The first-order chi connectivity index (χ1) is 6.06. The van der Waals surface area contributed by atoms with E-state index in [1.165, 1.54) is 5.56 Å². The lowest BCUT2D eigenvalue weighted by Crippen LogP contribution is -2.18. The van der Waals surface area contributed by atoms with Crippen LogP contribution in [0.25, 0.3) is 0 Å².